The van der Waals surface area contributed by atoms with Crippen molar-refractivity contribution in [1.29, 1.82) is 0 Å². The van der Waals surface area contributed by atoms with Gasteiger partial charge in [-0.05, 0) is 18.8 Å². The maximum Gasteiger partial charge on any atom is 0.142 e. The van der Waals surface area contributed by atoms with Crippen LogP contribution < -0.4 is 0 Å². The maximum atomic E-state index is 11.5. The van der Waals surface area contributed by atoms with Crippen LogP contribution in [0.2, 0.25) is 0 Å². The van der Waals surface area contributed by atoms with E-state index in [0.717, 1.165) is 5.92 Å². The third-order valence-corrected chi connectivity index (χ3v) is 3.66. The molecular weight excluding hydrogens is 136 g/mol. The van der Waals surface area contributed by atoms with Gasteiger partial charge in [0.15, 0.2) is 0 Å². The van der Waals surface area contributed by atoms with Crippen molar-refractivity contribution < 1.29 is 4.79 Å². The summed E-state index contributed by atoms with van der Waals surface area (Å²) in [6.07, 6.45) is 5.09. The highest BCUT2D eigenvalue weighted by molar-refractivity contribution is 5.93. The number of ketones is 1. The van der Waals surface area contributed by atoms with Gasteiger partial charge >= 0.3 is 0 Å². The Hall–Kier alpha value is -0.330. The van der Waals surface area contributed by atoms with Crippen molar-refractivity contribution in [1.82, 2.24) is 0 Å². The fourth-order valence-corrected chi connectivity index (χ4v) is 2.87. The van der Waals surface area contributed by atoms with E-state index in [1.54, 1.807) is 0 Å². The van der Waals surface area contributed by atoms with Gasteiger partial charge in [-0.3, -0.25) is 4.79 Å². The lowest BCUT2D eigenvalue weighted by Crippen LogP contribution is -2.55. The summed E-state index contributed by atoms with van der Waals surface area (Å²) in [6, 6.07) is 0. The number of Topliss-reactive ketones (excluding diaryl/α,β-unsaturated/α-hetero) is 1. The number of fused-ring (bicyclic) bond motifs is 1. The van der Waals surface area contributed by atoms with E-state index in [1.807, 2.05) is 0 Å². The second-order valence-electron chi connectivity index (χ2n) is 4.58. The molecule has 0 aliphatic heterocycles. The molecule has 0 radical (unpaired) electrons. The van der Waals surface area contributed by atoms with Crippen LogP contribution in [0.1, 0.15) is 39.5 Å². The normalized spacial score (nSPS) is 41.1. The van der Waals surface area contributed by atoms with Gasteiger partial charge in [-0.25, -0.2) is 0 Å². The van der Waals surface area contributed by atoms with Crippen molar-refractivity contribution in [3.8, 4) is 0 Å². The highest BCUT2D eigenvalue weighted by Crippen LogP contribution is 2.53. The van der Waals surface area contributed by atoms with Crippen LogP contribution in [0.25, 0.3) is 0 Å². The van der Waals surface area contributed by atoms with Crippen LogP contribution in [0.5, 0.6) is 0 Å². The molecule has 0 saturated heterocycles. The van der Waals surface area contributed by atoms with E-state index in [1.165, 1.54) is 25.7 Å². The minimum absolute atomic E-state index is 0.0328. The van der Waals surface area contributed by atoms with Crippen LogP contribution in [0.4, 0.5) is 0 Å². The number of carbonyl (C=O) groups excluding carboxylic acids is 1. The number of hydrogen-bond donors (Lipinski definition) is 0. The standard InChI is InChI=1S/C10H16O/c1-10(2)8-6-4-3-5-7(8)9(10)11/h7-8H,3-6H2,1-2H3/t7-,8-/m1/s1. The van der Waals surface area contributed by atoms with Gasteiger partial charge in [-0.1, -0.05) is 26.7 Å². The molecule has 0 spiro atoms. The van der Waals surface area contributed by atoms with Crippen molar-refractivity contribution >= 4 is 5.78 Å². The first-order chi connectivity index (χ1) is 5.14. The number of hydrogen-bond acceptors (Lipinski definition) is 1. The second kappa shape index (κ2) is 2.09. The molecule has 0 aromatic rings. The number of carbonyl (C=O) groups is 1. The van der Waals surface area contributed by atoms with Crippen LogP contribution >= 0.6 is 0 Å². The van der Waals surface area contributed by atoms with E-state index in [2.05, 4.69) is 13.8 Å². The predicted octanol–water partition coefficient (Wildman–Crippen LogP) is 2.40. The van der Waals surface area contributed by atoms with Crippen molar-refractivity contribution in [2.75, 3.05) is 0 Å². The molecule has 2 saturated carbocycles. The van der Waals surface area contributed by atoms with E-state index in [4.69, 9.17) is 0 Å². The first kappa shape index (κ1) is 7.33. The molecule has 1 nitrogen and oxygen atoms in total. The summed E-state index contributed by atoms with van der Waals surface area (Å²) < 4.78 is 0. The summed E-state index contributed by atoms with van der Waals surface area (Å²) in [5.74, 6) is 1.71. The third-order valence-electron chi connectivity index (χ3n) is 3.66. The van der Waals surface area contributed by atoms with Gasteiger partial charge in [0.1, 0.15) is 5.78 Å². The molecule has 2 aliphatic carbocycles. The molecule has 0 N–H and O–H groups in total. The molecule has 2 atom stereocenters. The Balaban J connectivity index is 2.15. The fourth-order valence-electron chi connectivity index (χ4n) is 2.87. The average molecular weight is 152 g/mol. The lowest BCUT2D eigenvalue weighted by molar-refractivity contribution is -0.157. The van der Waals surface area contributed by atoms with Gasteiger partial charge in [0.05, 0.1) is 0 Å². The van der Waals surface area contributed by atoms with Crippen molar-refractivity contribution in [3.63, 3.8) is 0 Å². The molecule has 11 heavy (non-hydrogen) atoms. The van der Waals surface area contributed by atoms with Gasteiger partial charge in [-0.2, -0.15) is 0 Å². The fraction of sp³-hybridized carbons (Fsp3) is 0.900. The van der Waals surface area contributed by atoms with Gasteiger partial charge in [0.2, 0.25) is 0 Å². The largest absolute Gasteiger partial charge is 0.299 e. The van der Waals surface area contributed by atoms with E-state index in [-0.39, 0.29) is 5.41 Å². The highest BCUT2D eigenvalue weighted by Gasteiger charge is 2.55. The molecule has 0 aromatic carbocycles. The lowest BCUT2D eigenvalue weighted by atomic mass is 9.50. The average Bonchev–Trinajstić information content (AvgIpc) is 2.04. The summed E-state index contributed by atoms with van der Waals surface area (Å²) in [5, 5.41) is 0. The first-order valence-electron chi connectivity index (χ1n) is 4.68. The summed E-state index contributed by atoms with van der Waals surface area (Å²) in [7, 11) is 0. The molecule has 1 heteroatoms. The van der Waals surface area contributed by atoms with E-state index in [9.17, 15) is 4.79 Å². The van der Waals surface area contributed by atoms with E-state index in [0.29, 0.717) is 11.7 Å². The zero-order chi connectivity index (χ0) is 8.06. The Morgan fingerprint density at radius 1 is 1.27 bits per heavy atom. The van der Waals surface area contributed by atoms with Crippen LogP contribution in [0, 0.1) is 17.3 Å². The zero-order valence-electron chi connectivity index (χ0n) is 7.39. The molecule has 2 fully saturated rings. The zero-order valence-corrected chi connectivity index (χ0v) is 7.39. The summed E-state index contributed by atoms with van der Waals surface area (Å²) >= 11 is 0. The molecule has 2 aliphatic rings. The third kappa shape index (κ3) is 0.800. The monoisotopic (exact) mass is 152 g/mol. The summed E-state index contributed by atoms with van der Waals surface area (Å²) in [6.45, 7) is 4.23. The molecule has 0 heterocycles. The highest BCUT2D eigenvalue weighted by atomic mass is 16.1. The maximum absolute atomic E-state index is 11.5. The Labute approximate surface area is 68.2 Å². The summed E-state index contributed by atoms with van der Waals surface area (Å²) in [5.41, 5.74) is 0.0328. The Morgan fingerprint density at radius 3 is 2.55 bits per heavy atom. The quantitative estimate of drug-likeness (QED) is 0.521. The molecule has 0 unspecified atom stereocenters. The molecule has 62 valence electrons. The topological polar surface area (TPSA) is 17.1 Å². The second-order valence-corrected chi connectivity index (χ2v) is 4.58. The SMILES string of the molecule is CC1(C)C(=O)[C@@H]2CCCC[C@H]21. The van der Waals surface area contributed by atoms with Crippen LogP contribution in [0.3, 0.4) is 0 Å². The van der Waals surface area contributed by atoms with Gasteiger partial charge in [-0.15, -0.1) is 0 Å². The molecule has 2 rings (SSSR count). The Morgan fingerprint density at radius 2 is 1.91 bits per heavy atom. The van der Waals surface area contributed by atoms with Crippen LogP contribution in [0.15, 0.2) is 0 Å². The first-order valence-corrected chi connectivity index (χ1v) is 4.68. The smallest absolute Gasteiger partial charge is 0.142 e. The molecule has 0 aromatic heterocycles. The van der Waals surface area contributed by atoms with Crippen molar-refractivity contribution in [2.45, 2.75) is 39.5 Å². The Kier molecular flexibility index (Phi) is 1.39. The molecule has 0 bridgehead atoms. The van der Waals surface area contributed by atoms with Gasteiger partial charge < -0.3 is 0 Å². The molecule has 0 amide bonds. The van der Waals surface area contributed by atoms with Crippen molar-refractivity contribution in [2.24, 2.45) is 17.3 Å². The van der Waals surface area contributed by atoms with Gasteiger partial charge in [0, 0.05) is 11.3 Å². The lowest BCUT2D eigenvalue weighted by Gasteiger charge is -2.52. The van der Waals surface area contributed by atoms with Crippen molar-refractivity contribution in [3.05, 3.63) is 0 Å². The number of rotatable bonds is 0. The summed E-state index contributed by atoms with van der Waals surface area (Å²) in [4.78, 5) is 11.5. The minimum Gasteiger partial charge on any atom is -0.299 e. The Bertz CT molecular complexity index is 193. The van der Waals surface area contributed by atoms with Gasteiger partial charge in [0.25, 0.3) is 0 Å². The minimum atomic E-state index is 0.0328. The van der Waals surface area contributed by atoms with E-state index >= 15 is 0 Å². The predicted molar refractivity (Wildman–Crippen MR) is 44.2 cm³/mol. The van der Waals surface area contributed by atoms with E-state index < -0.39 is 0 Å². The van der Waals surface area contributed by atoms with Crippen LogP contribution in [-0.2, 0) is 4.79 Å². The van der Waals surface area contributed by atoms with Crippen LogP contribution in [-0.4, -0.2) is 5.78 Å². The molecular formula is C10H16O.